The number of aliphatic hydroxyl groups excluding tert-OH is 2. The number of nitrogens with zero attached hydrogens (tertiary/aromatic N) is 2. The van der Waals surface area contributed by atoms with Gasteiger partial charge in [0.1, 0.15) is 66.5 Å². The van der Waals surface area contributed by atoms with Crippen molar-refractivity contribution in [1.82, 2.24) is 36.4 Å². The lowest BCUT2D eigenvalue weighted by Gasteiger charge is -2.44. The maximum absolute atomic E-state index is 14.8. The molecule has 2 aliphatic heterocycles. The van der Waals surface area contributed by atoms with Gasteiger partial charge in [-0.1, -0.05) is 90.4 Å². The predicted octanol–water partition coefficient (Wildman–Crippen LogP) is -0.332. The third kappa shape index (κ3) is 14.9. The molecule has 2 fully saturated rings. The minimum Gasteiger partial charge on any atom is -0.508 e. The van der Waals surface area contributed by atoms with Gasteiger partial charge in [-0.25, -0.2) is 4.79 Å². The number of primary amides is 1. The van der Waals surface area contributed by atoms with Gasteiger partial charge >= 0.3 is 5.97 Å². The van der Waals surface area contributed by atoms with Gasteiger partial charge in [-0.15, -0.1) is 0 Å². The molecule has 2 aromatic carbocycles. The van der Waals surface area contributed by atoms with Crippen molar-refractivity contribution in [2.45, 2.75) is 154 Å². The zero-order valence-corrected chi connectivity index (χ0v) is 41.0. The highest BCUT2D eigenvalue weighted by Crippen LogP contribution is 2.28. The van der Waals surface area contributed by atoms with Crippen LogP contribution in [0.3, 0.4) is 0 Å². The van der Waals surface area contributed by atoms with Crippen LogP contribution in [0.5, 0.6) is 5.75 Å². The maximum atomic E-state index is 14.8. The van der Waals surface area contributed by atoms with Gasteiger partial charge in [-0.3, -0.25) is 38.4 Å². The summed E-state index contributed by atoms with van der Waals surface area (Å²) in [6.07, 6.45) is -5.66. The average molecular weight is 979 g/mol. The lowest BCUT2D eigenvalue weighted by Crippen LogP contribution is -2.66. The van der Waals surface area contributed by atoms with Crippen molar-refractivity contribution < 1.29 is 63.2 Å². The number of rotatable bonds is 15. The Labute approximate surface area is 408 Å². The van der Waals surface area contributed by atoms with Crippen molar-refractivity contribution >= 4 is 53.2 Å². The number of ether oxygens (including phenoxy) is 1. The lowest BCUT2D eigenvalue weighted by molar-refractivity contribution is -0.168. The van der Waals surface area contributed by atoms with Gasteiger partial charge in [0.15, 0.2) is 0 Å². The number of aromatic hydroxyl groups is 1. The van der Waals surface area contributed by atoms with Gasteiger partial charge in [-0.2, -0.15) is 0 Å². The van der Waals surface area contributed by atoms with Gasteiger partial charge in [0.05, 0.1) is 6.42 Å². The third-order valence-corrected chi connectivity index (χ3v) is 12.6. The Morgan fingerprint density at radius 1 is 0.843 bits per heavy atom. The number of hydrogen-bond acceptors (Lipinski definition) is 13. The van der Waals surface area contributed by atoms with E-state index >= 15 is 0 Å². The number of benzene rings is 2. The summed E-state index contributed by atoms with van der Waals surface area (Å²) >= 11 is 0. The van der Waals surface area contributed by atoms with Crippen molar-refractivity contribution in [3.05, 3.63) is 65.7 Å². The zero-order chi connectivity index (χ0) is 52.1. The first kappa shape index (κ1) is 56.0. The fourth-order valence-electron chi connectivity index (χ4n) is 8.41. The zero-order valence-electron chi connectivity index (χ0n) is 41.0. The number of piperidine rings is 1. The van der Waals surface area contributed by atoms with Crippen LogP contribution in [0.25, 0.3) is 0 Å². The first-order valence-corrected chi connectivity index (χ1v) is 23.7. The minimum atomic E-state index is -1.87. The Morgan fingerprint density at radius 3 is 2.07 bits per heavy atom. The van der Waals surface area contributed by atoms with Gasteiger partial charge < -0.3 is 62.2 Å². The van der Waals surface area contributed by atoms with Crippen LogP contribution >= 0.6 is 0 Å². The second-order valence-corrected chi connectivity index (χ2v) is 19.0. The van der Waals surface area contributed by atoms with Crippen LogP contribution in [0.4, 0.5) is 0 Å². The van der Waals surface area contributed by atoms with Crippen LogP contribution in [0, 0.1) is 17.8 Å². The van der Waals surface area contributed by atoms with E-state index in [-0.39, 0.29) is 43.8 Å². The van der Waals surface area contributed by atoms with Crippen LogP contribution < -0.4 is 32.3 Å². The molecule has 0 radical (unpaired) electrons. The van der Waals surface area contributed by atoms with Crippen LogP contribution in [0.15, 0.2) is 54.6 Å². The average Bonchev–Trinajstić information content (AvgIpc) is 3.30. The molecule has 2 saturated heterocycles. The molecule has 21 heteroatoms. The SMILES string of the molecule is CCC(C)C1C(=O)N(C)C(Cc2ccccc2)C(=O)NC(C(C)C)C(=O)OC(C)C(NC(=O)C(CC(N)=O)NC(=O)C(O)Cc2ccc(O)cc2)C(=O)NC(CC(C)C)C(=O)NC2CCC(O)N1C2=O. The van der Waals surface area contributed by atoms with Crippen LogP contribution in [-0.4, -0.2) is 146 Å². The number of phenols is 1. The molecular weight excluding hydrogens is 909 g/mol. The fourth-order valence-corrected chi connectivity index (χ4v) is 8.41. The van der Waals surface area contributed by atoms with E-state index in [0.717, 1.165) is 4.90 Å². The Bertz CT molecular complexity index is 2190. The van der Waals surface area contributed by atoms with Crippen LogP contribution in [0.2, 0.25) is 0 Å². The van der Waals surface area contributed by atoms with E-state index in [1.807, 2.05) is 0 Å². The number of likely N-dealkylation sites (N-methyl/N-ethyl adjacent to an activating group) is 1. The summed E-state index contributed by atoms with van der Waals surface area (Å²) in [6.45, 7) is 11.5. The highest BCUT2D eigenvalue weighted by molar-refractivity contribution is 5.99. The molecule has 21 nitrogen and oxygen atoms in total. The van der Waals surface area contributed by atoms with E-state index in [1.54, 1.807) is 71.9 Å². The summed E-state index contributed by atoms with van der Waals surface area (Å²) < 4.78 is 5.84. The Morgan fingerprint density at radius 2 is 1.49 bits per heavy atom. The van der Waals surface area contributed by atoms with Gasteiger partial charge in [-0.05, 0) is 67.2 Å². The second-order valence-electron chi connectivity index (χ2n) is 19.0. The van der Waals surface area contributed by atoms with E-state index < -0.39 is 132 Å². The fraction of sp³-hybridized carbons (Fsp3) is 0.571. The number of carbonyl (C=O) groups excluding carboxylic acids is 9. The van der Waals surface area contributed by atoms with Crippen LogP contribution in [0.1, 0.15) is 91.7 Å². The molecule has 0 aromatic heterocycles. The monoisotopic (exact) mass is 979 g/mol. The molecule has 0 aliphatic carbocycles. The molecule has 0 saturated carbocycles. The maximum Gasteiger partial charge on any atom is 0.329 e. The molecule has 70 heavy (non-hydrogen) atoms. The summed E-state index contributed by atoms with van der Waals surface area (Å²) in [4.78, 5) is 129. The molecule has 4 rings (SSSR count). The number of esters is 1. The summed E-state index contributed by atoms with van der Waals surface area (Å²) in [7, 11) is 1.39. The van der Waals surface area contributed by atoms with E-state index in [4.69, 9.17) is 10.5 Å². The number of nitrogens with two attached hydrogens (primary N) is 1. The van der Waals surface area contributed by atoms with Crippen molar-refractivity contribution in [2.24, 2.45) is 23.5 Å². The van der Waals surface area contributed by atoms with Gasteiger partial charge in [0.25, 0.3) is 0 Å². The number of hydrogen-bond donors (Lipinski definition) is 9. The van der Waals surface area contributed by atoms with Crippen molar-refractivity contribution in [3.63, 3.8) is 0 Å². The lowest BCUT2D eigenvalue weighted by atomic mass is 9.91. The van der Waals surface area contributed by atoms with E-state index in [1.165, 1.54) is 43.1 Å². The molecular formula is C49H70N8O13. The highest BCUT2D eigenvalue weighted by atomic mass is 16.5. The second kappa shape index (κ2) is 25.3. The molecule has 384 valence electrons. The quantitative estimate of drug-likeness (QED) is 0.103. The van der Waals surface area contributed by atoms with Crippen molar-refractivity contribution in [2.75, 3.05) is 7.05 Å². The molecule has 2 aromatic rings. The molecule has 10 N–H and O–H groups in total. The van der Waals surface area contributed by atoms with E-state index in [9.17, 15) is 58.5 Å². The Balaban J connectivity index is 1.81. The van der Waals surface area contributed by atoms with Gasteiger partial charge in [0.2, 0.25) is 47.3 Å². The first-order valence-electron chi connectivity index (χ1n) is 23.7. The number of nitrogens with one attached hydrogen (secondary N) is 5. The van der Waals surface area contributed by atoms with E-state index in [0.29, 0.717) is 17.5 Å². The van der Waals surface area contributed by atoms with Crippen molar-refractivity contribution in [1.29, 1.82) is 0 Å². The smallest absolute Gasteiger partial charge is 0.329 e. The number of amides is 8. The highest BCUT2D eigenvalue weighted by Gasteiger charge is 2.47. The largest absolute Gasteiger partial charge is 0.508 e. The van der Waals surface area contributed by atoms with E-state index in [2.05, 4.69) is 26.6 Å². The predicted molar refractivity (Wildman–Crippen MR) is 253 cm³/mol. The Kier molecular flexibility index (Phi) is 20.2. The summed E-state index contributed by atoms with van der Waals surface area (Å²) in [5, 5.41) is 44.5. The molecule has 11 unspecified atom stereocenters. The van der Waals surface area contributed by atoms with Gasteiger partial charge in [0, 0.05) is 19.9 Å². The Hall–Kier alpha value is -6.61. The number of carbonyl (C=O) groups is 9. The third-order valence-electron chi connectivity index (χ3n) is 12.6. The molecule has 2 bridgehead atoms. The normalized spacial score (nSPS) is 25.5. The molecule has 8 amide bonds. The number of aliphatic hydroxyl groups is 2. The molecule has 2 heterocycles. The topological polar surface area (TPSA) is 316 Å². The van der Waals surface area contributed by atoms with Crippen molar-refractivity contribution in [3.8, 4) is 5.75 Å². The molecule has 0 spiro atoms. The summed E-state index contributed by atoms with van der Waals surface area (Å²) in [5.41, 5.74) is 6.55. The number of cyclic esters (lactones) is 1. The number of fused-ring (bicyclic) bond motifs is 2. The minimum absolute atomic E-state index is 0.0119. The molecule has 11 atom stereocenters. The first-order chi connectivity index (χ1) is 32.9. The molecule has 2 aliphatic rings. The van der Waals surface area contributed by atoms with Crippen LogP contribution in [-0.2, 0) is 60.7 Å². The summed E-state index contributed by atoms with van der Waals surface area (Å²) in [5.74, 6) is -10.1. The number of phenolic OH excluding ortho intramolecular Hbond substituents is 1. The standard InChI is InChI=1S/C49H70N8O13/c1-9-27(6)41-48(68)56(8)35(22-29-13-11-10-12-14-29)44(64)54-39(26(4)5)49(69)70-28(7)40(46(66)53-33(21-25(2)3)42(62)51-32-19-20-38(61)57(41)47(32)67)55-43(63)34(24-37(50)60)52-45(65)36(59)23-30-15-17-31(58)18-16-30/h10-18,25-28,32-36,38-41,58-59,61H,9,19-24H2,1-8H3,(H2,50,60)(H,51,62)(H,52,65)(H,53,66)(H,54,64)(H,55,63). The summed E-state index contributed by atoms with van der Waals surface area (Å²) in [6, 6.07) is 4.02.